The minimum atomic E-state index is -0.456. The van der Waals surface area contributed by atoms with Crippen molar-refractivity contribution in [3.05, 3.63) is 75.2 Å². The molecule has 26 heavy (non-hydrogen) atoms. The molecule has 0 saturated carbocycles. The number of benzene rings is 2. The lowest BCUT2D eigenvalue weighted by molar-refractivity contribution is 0.0950. The molecule has 0 spiro atoms. The summed E-state index contributed by atoms with van der Waals surface area (Å²) >= 11 is 5.94. The first-order valence-corrected chi connectivity index (χ1v) is 8.40. The van der Waals surface area contributed by atoms with E-state index in [9.17, 15) is 9.59 Å². The molecule has 0 saturated heterocycles. The molecular weight excluding hydrogens is 354 g/mol. The standard InChI is InChI=1S/C18H14ClN5O2/c19-12-6-7-14-13(10-12)17(25)21-16-15(22-23-24(14)16)18(26)20-9-8-11-4-2-1-3-5-11/h1-7,10,23H,8-9H2,(H,20,26). The maximum atomic E-state index is 12.4. The number of amides is 1. The molecule has 2 aromatic carbocycles. The molecule has 0 aliphatic carbocycles. The van der Waals surface area contributed by atoms with Gasteiger partial charge in [-0.2, -0.15) is 4.98 Å². The minimum Gasteiger partial charge on any atom is -0.350 e. The summed E-state index contributed by atoms with van der Waals surface area (Å²) in [4.78, 5) is 28.7. The molecule has 0 aliphatic rings. The Morgan fingerprint density at radius 3 is 2.81 bits per heavy atom. The Kier molecular flexibility index (Phi) is 4.14. The second-order valence-electron chi connectivity index (χ2n) is 5.79. The van der Waals surface area contributed by atoms with Crippen LogP contribution in [0.2, 0.25) is 5.02 Å². The summed E-state index contributed by atoms with van der Waals surface area (Å²) < 4.78 is 1.50. The van der Waals surface area contributed by atoms with Crippen molar-refractivity contribution < 1.29 is 4.79 Å². The van der Waals surface area contributed by atoms with Crippen LogP contribution in [0.15, 0.2) is 53.3 Å². The number of rotatable bonds is 4. The van der Waals surface area contributed by atoms with Crippen LogP contribution in [-0.4, -0.2) is 32.3 Å². The van der Waals surface area contributed by atoms with E-state index in [1.54, 1.807) is 18.2 Å². The van der Waals surface area contributed by atoms with Crippen LogP contribution in [0.4, 0.5) is 0 Å². The van der Waals surface area contributed by atoms with Gasteiger partial charge in [0.15, 0.2) is 11.3 Å². The fraction of sp³-hybridized carbons (Fsp3) is 0.111. The van der Waals surface area contributed by atoms with Gasteiger partial charge in [-0.3, -0.25) is 9.59 Å². The van der Waals surface area contributed by atoms with Crippen LogP contribution in [-0.2, 0) is 6.42 Å². The van der Waals surface area contributed by atoms with Crippen molar-refractivity contribution in [1.82, 2.24) is 25.1 Å². The van der Waals surface area contributed by atoms with Crippen molar-refractivity contribution >= 4 is 34.1 Å². The first-order valence-electron chi connectivity index (χ1n) is 8.02. The molecule has 0 fully saturated rings. The van der Waals surface area contributed by atoms with Gasteiger partial charge >= 0.3 is 0 Å². The van der Waals surface area contributed by atoms with Crippen LogP contribution in [0, 0.1) is 0 Å². The van der Waals surface area contributed by atoms with Crippen molar-refractivity contribution in [2.24, 2.45) is 0 Å². The van der Waals surface area contributed by atoms with Crippen molar-refractivity contribution in [3.63, 3.8) is 0 Å². The normalized spacial score (nSPS) is 11.1. The van der Waals surface area contributed by atoms with Gasteiger partial charge in [0.1, 0.15) is 0 Å². The van der Waals surface area contributed by atoms with Crippen molar-refractivity contribution in [3.8, 4) is 0 Å². The first kappa shape index (κ1) is 16.3. The van der Waals surface area contributed by atoms with E-state index in [1.165, 1.54) is 4.52 Å². The average molecular weight is 368 g/mol. The molecule has 130 valence electrons. The highest BCUT2D eigenvalue weighted by atomic mass is 35.5. The number of halogens is 1. The van der Waals surface area contributed by atoms with E-state index in [2.05, 4.69) is 20.6 Å². The molecule has 4 rings (SSSR count). The quantitative estimate of drug-likeness (QED) is 0.578. The van der Waals surface area contributed by atoms with Gasteiger partial charge in [0, 0.05) is 11.6 Å². The number of carbonyl (C=O) groups is 1. The summed E-state index contributed by atoms with van der Waals surface area (Å²) in [5, 5.41) is 10.4. The lowest BCUT2D eigenvalue weighted by Crippen LogP contribution is -2.26. The van der Waals surface area contributed by atoms with E-state index in [-0.39, 0.29) is 17.2 Å². The first-order chi connectivity index (χ1) is 12.6. The SMILES string of the molecule is O=C(NCCc1ccccc1)c1n[nH]n2c1nc(=O)c1cc(Cl)ccc12. The van der Waals surface area contributed by atoms with Gasteiger partial charge in [-0.15, -0.1) is 5.10 Å². The predicted molar refractivity (Wildman–Crippen MR) is 98.6 cm³/mol. The Morgan fingerprint density at radius 1 is 1.19 bits per heavy atom. The summed E-state index contributed by atoms with van der Waals surface area (Å²) in [5.41, 5.74) is 1.48. The van der Waals surface area contributed by atoms with E-state index in [1.807, 2.05) is 30.3 Å². The van der Waals surface area contributed by atoms with E-state index in [0.29, 0.717) is 28.9 Å². The number of H-pyrrole nitrogens is 1. The van der Waals surface area contributed by atoms with Crippen LogP contribution in [0.3, 0.4) is 0 Å². The number of hydrogen-bond donors (Lipinski definition) is 2. The third-order valence-corrected chi connectivity index (χ3v) is 4.31. The van der Waals surface area contributed by atoms with Gasteiger partial charge in [0.25, 0.3) is 11.5 Å². The Balaban J connectivity index is 1.62. The van der Waals surface area contributed by atoms with Gasteiger partial charge in [0.2, 0.25) is 0 Å². The van der Waals surface area contributed by atoms with Crippen molar-refractivity contribution in [1.29, 1.82) is 0 Å². The molecule has 0 radical (unpaired) electrons. The fourth-order valence-electron chi connectivity index (χ4n) is 2.81. The number of nitrogens with zero attached hydrogens (tertiary/aromatic N) is 3. The van der Waals surface area contributed by atoms with E-state index < -0.39 is 5.56 Å². The van der Waals surface area contributed by atoms with Crippen molar-refractivity contribution in [2.75, 3.05) is 6.54 Å². The number of aromatic nitrogens is 4. The third-order valence-electron chi connectivity index (χ3n) is 4.08. The fourth-order valence-corrected chi connectivity index (χ4v) is 2.98. The van der Waals surface area contributed by atoms with E-state index in [0.717, 1.165) is 5.56 Å². The maximum absolute atomic E-state index is 12.4. The second kappa shape index (κ2) is 6.61. The summed E-state index contributed by atoms with van der Waals surface area (Å²) in [6.07, 6.45) is 0.698. The van der Waals surface area contributed by atoms with Gasteiger partial charge in [0.05, 0.1) is 10.9 Å². The molecule has 0 atom stereocenters. The number of fused-ring (bicyclic) bond motifs is 3. The van der Waals surface area contributed by atoms with Gasteiger partial charge in [-0.1, -0.05) is 41.9 Å². The van der Waals surface area contributed by atoms with Crippen LogP contribution in [0.5, 0.6) is 0 Å². The maximum Gasteiger partial charge on any atom is 0.281 e. The largest absolute Gasteiger partial charge is 0.350 e. The second-order valence-corrected chi connectivity index (χ2v) is 6.23. The summed E-state index contributed by atoms with van der Waals surface area (Å²) in [6, 6.07) is 14.7. The predicted octanol–water partition coefficient (Wildman–Crippen LogP) is 2.20. The lowest BCUT2D eigenvalue weighted by Gasteiger charge is -2.04. The monoisotopic (exact) mass is 367 g/mol. The molecule has 0 aliphatic heterocycles. The third kappa shape index (κ3) is 2.93. The molecular formula is C18H14ClN5O2. The van der Waals surface area contributed by atoms with Crippen LogP contribution >= 0.6 is 11.6 Å². The highest BCUT2D eigenvalue weighted by molar-refractivity contribution is 6.31. The molecule has 2 heterocycles. The summed E-state index contributed by atoms with van der Waals surface area (Å²) in [7, 11) is 0. The topological polar surface area (TPSA) is 92.2 Å². The number of carbonyl (C=O) groups excluding carboxylic acids is 1. The highest BCUT2D eigenvalue weighted by Gasteiger charge is 2.18. The zero-order chi connectivity index (χ0) is 18.1. The van der Waals surface area contributed by atoms with Gasteiger partial charge in [-0.25, -0.2) is 9.73 Å². The Morgan fingerprint density at radius 2 is 2.00 bits per heavy atom. The summed E-state index contributed by atoms with van der Waals surface area (Å²) in [6.45, 7) is 0.454. The zero-order valence-electron chi connectivity index (χ0n) is 13.6. The Labute approximate surface area is 152 Å². The Bertz CT molecular complexity index is 1170. The molecule has 7 nitrogen and oxygen atoms in total. The van der Waals surface area contributed by atoms with Gasteiger partial charge < -0.3 is 5.32 Å². The number of aromatic amines is 1. The lowest BCUT2D eigenvalue weighted by atomic mass is 10.1. The molecule has 0 unspecified atom stereocenters. The van der Waals surface area contributed by atoms with Gasteiger partial charge in [-0.05, 0) is 30.2 Å². The molecule has 8 heteroatoms. The highest BCUT2D eigenvalue weighted by Crippen LogP contribution is 2.17. The molecule has 2 N–H and O–H groups in total. The zero-order valence-corrected chi connectivity index (χ0v) is 14.3. The minimum absolute atomic E-state index is 0.0759. The van der Waals surface area contributed by atoms with E-state index in [4.69, 9.17) is 11.6 Å². The molecule has 1 amide bonds. The van der Waals surface area contributed by atoms with Crippen LogP contribution in [0.1, 0.15) is 16.1 Å². The molecule has 4 aromatic rings. The van der Waals surface area contributed by atoms with Crippen molar-refractivity contribution in [2.45, 2.75) is 6.42 Å². The van der Waals surface area contributed by atoms with E-state index >= 15 is 0 Å². The smallest absolute Gasteiger partial charge is 0.281 e. The number of hydrogen-bond acceptors (Lipinski definition) is 4. The molecule has 2 aromatic heterocycles. The average Bonchev–Trinajstić information content (AvgIpc) is 3.06. The number of nitrogens with one attached hydrogen (secondary N) is 2. The summed E-state index contributed by atoms with van der Waals surface area (Å²) in [5.74, 6) is -0.389. The van der Waals surface area contributed by atoms with Crippen LogP contribution < -0.4 is 10.9 Å². The Hall–Kier alpha value is -3.19. The molecule has 0 bridgehead atoms. The van der Waals surface area contributed by atoms with Crippen LogP contribution in [0.25, 0.3) is 16.6 Å².